The number of carboxylic acid groups (broad SMARTS) is 1. The lowest BCUT2D eigenvalue weighted by atomic mass is 9.65. The SMILES string of the molecule is O=C(O)c1cccc(-c2cnc(NCC3(c4ncccc4F)CC(F)C3)nc2O)c1. The summed E-state index contributed by atoms with van der Waals surface area (Å²) in [6.45, 7) is 0.147. The third-order valence-corrected chi connectivity index (χ3v) is 5.26. The number of benzene rings is 1. The summed E-state index contributed by atoms with van der Waals surface area (Å²) in [6, 6.07) is 8.80. The molecule has 7 nitrogen and oxygen atoms in total. The molecule has 3 aromatic rings. The van der Waals surface area contributed by atoms with Crippen LogP contribution < -0.4 is 5.32 Å². The van der Waals surface area contributed by atoms with Crippen LogP contribution in [0.15, 0.2) is 48.8 Å². The lowest BCUT2D eigenvalue weighted by molar-refractivity contribution is 0.0697. The molecule has 154 valence electrons. The number of aromatic hydroxyl groups is 1. The van der Waals surface area contributed by atoms with Crippen LogP contribution >= 0.6 is 0 Å². The Morgan fingerprint density at radius 2 is 2.03 bits per heavy atom. The number of carbonyl (C=O) groups is 1. The molecule has 0 spiro atoms. The fraction of sp³-hybridized carbons (Fsp3) is 0.238. The number of pyridine rings is 1. The lowest BCUT2D eigenvalue weighted by Crippen LogP contribution is -2.49. The van der Waals surface area contributed by atoms with E-state index in [-0.39, 0.29) is 48.0 Å². The van der Waals surface area contributed by atoms with Gasteiger partial charge in [0.05, 0.1) is 16.8 Å². The Morgan fingerprint density at radius 1 is 1.23 bits per heavy atom. The van der Waals surface area contributed by atoms with Crippen molar-refractivity contribution in [1.29, 1.82) is 0 Å². The van der Waals surface area contributed by atoms with E-state index in [1.165, 1.54) is 36.7 Å². The van der Waals surface area contributed by atoms with Gasteiger partial charge in [0.1, 0.15) is 12.0 Å². The van der Waals surface area contributed by atoms with Crippen LogP contribution in [0, 0.1) is 5.82 Å². The van der Waals surface area contributed by atoms with Crippen LogP contribution in [0.4, 0.5) is 14.7 Å². The van der Waals surface area contributed by atoms with Crippen LogP contribution in [-0.2, 0) is 5.41 Å². The molecule has 0 aliphatic heterocycles. The molecule has 0 atom stereocenters. The van der Waals surface area contributed by atoms with Gasteiger partial charge in [0.15, 0.2) is 0 Å². The summed E-state index contributed by atoms with van der Waals surface area (Å²) in [4.78, 5) is 23.4. The molecule has 3 N–H and O–H groups in total. The molecule has 1 aliphatic rings. The Labute approximate surface area is 170 Å². The van der Waals surface area contributed by atoms with Crippen LogP contribution in [0.3, 0.4) is 0 Å². The molecule has 0 amide bonds. The number of carboxylic acids is 1. The largest absolute Gasteiger partial charge is 0.493 e. The zero-order chi connectivity index (χ0) is 21.3. The van der Waals surface area contributed by atoms with E-state index in [1.54, 1.807) is 12.1 Å². The summed E-state index contributed by atoms with van der Waals surface area (Å²) < 4.78 is 27.9. The van der Waals surface area contributed by atoms with Crippen LogP contribution in [0.25, 0.3) is 11.1 Å². The van der Waals surface area contributed by atoms with E-state index >= 15 is 0 Å². The van der Waals surface area contributed by atoms with Crippen LogP contribution in [0.5, 0.6) is 5.88 Å². The molecular weight excluding hydrogens is 394 g/mol. The molecule has 1 aromatic carbocycles. The van der Waals surface area contributed by atoms with E-state index in [9.17, 15) is 18.7 Å². The highest BCUT2D eigenvalue weighted by molar-refractivity contribution is 5.89. The number of aromatic nitrogens is 3. The zero-order valence-electron chi connectivity index (χ0n) is 15.7. The van der Waals surface area contributed by atoms with Gasteiger partial charge in [-0.25, -0.2) is 18.6 Å². The molecule has 1 saturated carbocycles. The topological polar surface area (TPSA) is 108 Å². The summed E-state index contributed by atoms with van der Waals surface area (Å²) in [5, 5.41) is 22.4. The van der Waals surface area contributed by atoms with Crippen molar-refractivity contribution >= 4 is 11.9 Å². The first-order chi connectivity index (χ1) is 14.4. The molecule has 1 fully saturated rings. The van der Waals surface area contributed by atoms with Crippen LogP contribution in [-0.4, -0.2) is 43.9 Å². The van der Waals surface area contributed by atoms with Crippen molar-refractivity contribution in [2.45, 2.75) is 24.4 Å². The highest BCUT2D eigenvalue weighted by atomic mass is 19.1. The van der Waals surface area contributed by atoms with Crippen LogP contribution in [0.1, 0.15) is 28.9 Å². The number of halogens is 2. The van der Waals surface area contributed by atoms with E-state index in [2.05, 4.69) is 20.3 Å². The first-order valence-electron chi connectivity index (χ1n) is 9.27. The number of rotatable bonds is 6. The molecule has 2 aromatic heterocycles. The highest BCUT2D eigenvalue weighted by Gasteiger charge is 2.48. The van der Waals surface area contributed by atoms with Crippen molar-refractivity contribution in [2.24, 2.45) is 0 Å². The summed E-state index contributed by atoms with van der Waals surface area (Å²) in [7, 11) is 0. The summed E-state index contributed by atoms with van der Waals surface area (Å²) in [6.07, 6.45) is 2.04. The average molecular weight is 412 g/mol. The van der Waals surface area contributed by atoms with E-state index in [0.29, 0.717) is 5.56 Å². The Hall–Kier alpha value is -3.62. The molecule has 2 heterocycles. The van der Waals surface area contributed by atoms with Gasteiger partial charge in [0, 0.05) is 24.4 Å². The Morgan fingerprint density at radius 3 is 2.70 bits per heavy atom. The number of hydrogen-bond acceptors (Lipinski definition) is 6. The normalized spacial score (nSPS) is 20.4. The second kappa shape index (κ2) is 7.66. The fourth-order valence-corrected chi connectivity index (χ4v) is 3.72. The second-order valence-electron chi connectivity index (χ2n) is 7.29. The van der Waals surface area contributed by atoms with Gasteiger partial charge >= 0.3 is 5.97 Å². The number of anilines is 1. The molecule has 9 heteroatoms. The Balaban J connectivity index is 1.55. The van der Waals surface area contributed by atoms with Gasteiger partial charge < -0.3 is 15.5 Å². The van der Waals surface area contributed by atoms with Gasteiger partial charge in [-0.3, -0.25) is 4.98 Å². The monoisotopic (exact) mass is 412 g/mol. The zero-order valence-corrected chi connectivity index (χ0v) is 15.7. The quantitative estimate of drug-likeness (QED) is 0.568. The van der Waals surface area contributed by atoms with E-state index in [0.717, 1.165) is 0 Å². The highest BCUT2D eigenvalue weighted by Crippen LogP contribution is 2.45. The van der Waals surface area contributed by atoms with Gasteiger partial charge in [-0.2, -0.15) is 4.98 Å². The molecule has 0 radical (unpaired) electrons. The van der Waals surface area contributed by atoms with Crippen LogP contribution in [0.2, 0.25) is 0 Å². The number of nitrogens with zero attached hydrogens (tertiary/aromatic N) is 3. The molecule has 4 rings (SSSR count). The summed E-state index contributed by atoms with van der Waals surface area (Å²) >= 11 is 0. The van der Waals surface area contributed by atoms with E-state index in [1.807, 2.05) is 0 Å². The third-order valence-electron chi connectivity index (χ3n) is 5.26. The van der Waals surface area contributed by atoms with Gasteiger partial charge in [0.2, 0.25) is 11.8 Å². The summed E-state index contributed by atoms with van der Waals surface area (Å²) in [5.74, 6) is -1.84. The van der Waals surface area contributed by atoms with E-state index in [4.69, 9.17) is 5.11 Å². The van der Waals surface area contributed by atoms with Crippen molar-refractivity contribution in [1.82, 2.24) is 15.0 Å². The smallest absolute Gasteiger partial charge is 0.335 e. The predicted octanol–water partition coefficient (Wildman–Crippen LogP) is 3.56. The minimum atomic E-state index is -1.09. The maximum Gasteiger partial charge on any atom is 0.335 e. The van der Waals surface area contributed by atoms with Crippen molar-refractivity contribution in [3.63, 3.8) is 0 Å². The standard InChI is InChI=1S/C21H18F2N4O3/c22-14-8-21(9-14,17-16(23)5-2-6-24-17)11-26-20-25-10-15(18(28)27-20)12-3-1-4-13(7-12)19(29)30/h1-7,10,14H,8-9,11H2,(H,29,30)(H2,25,26,27,28). The molecule has 0 saturated heterocycles. The number of alkyl halides is 1. The molecule has 0 unspecified atom stereocenters. The van der Waals surface area contributed by atoms with Crippen molar-refractivity contribution in [3.05, 3.63) is 65.9 Å². The van der Waals surface area contributed by atoms with Crippen molar-refractivity contribution in [3.8, 4) is 17.0 Å². The van der Waals surface area contributed by atoms with Gasteiger partial charge in [0.25, 0.3) is 0 Å². The lowest BCUT2D eigenvalue weighted by Gasteiger charge is -2.43. The Kier molecular flexibility index (Phi) is 5.03. The maximum atomic E-state index is 14.2. The molecule has 1 aliphatic carbocycles. The third kappa shape index (κ3) is 3.66. The minimum Gasteiger partial charge on any atom is -0.493 e. The number of nitrogens with one attached hydrogen (secondary N) is 1. The number of aromatic carboxylic acids is 1. The summed E-state index contributed by atoms with van der Waals surface area (Å²) in [5.41, 5.74) is 0.155. The maximum absolute atomic E-state index is 14.2. The van der Waals surface area contributed by atoms with Gasteiger partial charge in [-0.05, 0) is 42.7 Å². The van der Waals surface area contributed by atoms with Gasteiger partial charge in [-0.15, -0.1) is 0 Å². The predicted molar refractivity (Wildman–Crippen MR) is 105 cm³/mol. The minimum absolute atomic E-state index is 0.0687. The Bertz CT molecular complexity index is 1100. The van der Waals surface area contributed by atoms with E-state index < -0.39 is 23.4 Å². The second-order valence-corrected chi connectivity index (χ2v) is 7.29. The van der Waals surface area contributed by atoms with Gasteiger partial charge in [-0.1, -0.05) is 12.1 Å². The average Bonchev–Trinajstić information content (AvgIpc) is 2.71. The molecule has 30 heavy (non-hydrogen) atoms. The molecular formula is C21H18F2N4O3. The first kappa shape index (κ1) is 19.7. The number of hydrogen-bond donors (Lipinski definition) is 3. The van der Waals surface area contributed by atoms with Crippen molar-refractivity contribution in [2.75, 3.05) is 11.9 Å². The first-order valence-corrected chi connectivity index (χ1v) is 9.27. The molecule has 0 bridgehead atoms. The van der Waals surface area contributed by atoms with Crippen molar-refractivity contribution < 1.29 is 23.8 Å². The fourth-order valence-electron chi connectivity index (χ4n) is 3.72.